The lowest BCUT2D eigenvalue weighted by atomic mass is 9.92. The molecule has 0 N–H and O–H groups in total. The molecule has 5 nitrogen and oxygen atoms in total. The van der Waals surface area contributed by atoms with Gasteiger partial charge in [-0.3, -0.25) is 9.80 Å². The Kier molecular flexibility index (Phi) is 3.78. The van der Waals surface area contributed by atoms with E-state index in [-0.39, 0.29) is 11.9 Å². The molecule has 2 aromatic rings. The lowest BCUT2D eigenvalue weighted by Crippen LogP contribution is -2.49. The van der Waals surface area contributed by atoms with E-state index in [1.54, 1.807) is 5.01 Å². The minimum Gasteiger partial charge on any atom is -0.467 e. The second-order valence-corrected chi connectivity index (χ2v) is 5.51. The van der Waals surface area contributed by atoms with Gasteiger partial charge in [0.15, 0.2) is 5.54 Å². The highest BCUT2D eigenvalue weighted by Crippen LogP contribution is 2.34. The van der Waals surface area contributed by atoms with E-state index in [1.165, 1.54) is 12.1 Å². The lowest BCUT2D eigenvalue weighted by molar-refractivity contribution is -0.131. The zero-order valence-corrected chi connectivity index (χ0v) is 13.4. The molecule has 3 rings (SSSR count). The van der Waals surface area contributed by atoms with Gasteiger partial charge in [0.1, 0.15) is 0 Å². The zero-order valence-electron chi connectivity index (χ0n) is 13.4. The number of hydrazine groups is 1. The average Bonchev–Trinajstić information content (AvgIpc) is 2.88. The zero-order chi connectivity index (χ0) is 16.4. The number of aliphatic imine (C=N–C) groups is 1. The minimum atomic E-state index is -0.990. The van der Waals surface area contributed by atoms with Crippen LogP contribution in [0.3, 0.4) is 0 Å². The van der Waals surface area contributed by atoms with Crippen molar-refractivity contribution in [3.8, 4) is 0 Å². The summed E-state index contributed by atoms with van der Waals surface area (Å²) >= 11 is 0. The van der Waals surface area contributed by atoms with E-state index in [1.807, 2.05) is 74.6 Å². The summed E-state index contributed by atoms with van der Waals surface area (Å²) in [6, 6.07) is 19.5. The van der Waals surface area contributed by atoms with Crippen LogP contribution in [0.1, 0.15) is 12.5 Å². The third-order valence-corrected chi connectivity index (χ3v) is 4.06. The van der Waals surface area contributed by atoms with E-state index >= 15 is 0 Å². The lowest BCUT2D eigenvalue weighted by Gasteiger charge is -2.31. The van der Waals surface area contributed by atoms with Gasteiger partial charge >= 0.3 is 6.02 Å². The molecule has 1 heterocycles. The highest BCUT2D eigenvalue weighted by Gasteiger charge is 2.48. The Labute approximate surface area is 135 Å². The number of ether oxygens (including phenoxy) is 1. The SMILES string of the molecule is COC1=NC(C)(c2ccccc2)C(=O)N1N(C)c1ccccc1. The maximum absolute atomic E-state index is 13.1. The van der Waals surface area contributed by atoms with E-state index in [0.717, 1.165) is 11.3 Å². The van der Waals surface area contributed by atoms with Gasteiger partial charge in [-0.2, -0.15) is 5.01 Å². The minimum absolute atomic E-state index is 0.146. The summed E-state index contributed by atoms with van der Waals surface area (Å²) in [5, 5.41) is 3.22. The molecule has 0 fully saturated rings. The maximum Gasteiger partial charge on any atom is 0.315 e. The van der Waals surface area contributed by atoms with E-state index in [4.69, 9.17) is 4.74 Å². The van der Waals surface area contributed by atoms with Gasteiger partial charge in [-0.15, -0.1) is 0 Å². The van der Waals surface area contributed by atoms with Crippen LogP contribution in [-0.4, -0.2) is 31.1 Å². The number of anilines is 1. The van der Waals surface area contributed by atoms with E-state index in [9.17, 15) is 4.79 Å². The van der Waals surface area contributed by atoms with E-state index in [0.29, 0.717) is 0 Å². The average molecular weight is 309 g/mol. The first-order valence-corrected chi connectivity index (χ1v) is 7.40. The molecule has 1 unspecified atom stereocenters. The first-order chi connectivity index (χ1) is 11.1. The number of amidine groups is 1. The Hall–Kier alpha value is -2.82. The van der Waals surface area contributed by atoms with Crippen LogP contribution in [0, 0.1) is 0 Å². The van der Waals surface area contributed by atoms with Crippen LogP contribution < -0.4 is 5.01 Å². The highest BCUT2D eigenvalue weighted by molar-refractivity contribution is 6.06. The van der Waals surface area contributed by atoms with Crippen LogP contribution >= 0.6 is 0 Å². The van der Waals surface area contributed by atoms with Crippen molar-refractivity contribution in [2.45, 2.75) is 12.5 Å². The Bertz CT molecular complexity index is 730. The van der Waals surface area contributed by atoms with Crippen LogP contribution in [0.25, 0.3) is 0 Å². The van der Waals surface area contributed by atoms with Crippen LogP contribution in [0.4, 0.5) is 5.69 Å². The number of carbonyl (C=O) groups excluding carboxylic acids is 1. The quantitative estimate of drug-likeness (QED) is 0.876. The maximum atomic E-state index is 13.1. The molecule has 1 amide bonds. The van der Waals surface area contributed by atoms with E-state index < -0.39 is 5.54 Å². The van der Waals surface area contributed by atoms with Gasteiger partial charge in [0.2, 0.25) is 0 Å². The summed E-state index contributed by atoms with van der Waals surface area (Å²) in [4.78, 5) is 17.6. The van der Waals surface area contributed by atoms with Gasteiger partial charge < -0.3 is 4.74 Å². The second kappa shape index (κ2) is 5.76. The molecule has 0 saturated heterocycles. The number of carbonyl (C=O) groups is 1. The van der Waals surface area contributed by atoms with E-state index in [2.05, 4.69) is 4.99 Å². The van der Waals surface area contributed by atoms with Gasteiger partial charge in [-0.1, -0.05) is 48.5 Å². The third-order valence-electron chi connectivity index (χ3n) is 4.06. The fourth-order valence-corrected chi connectivity index (χ4v) is 2.69. The summed E-state index contributed by atoms with van der Waals surface area (Å²) in [5.41, 5.74) is 0.724. The number of methoxy groups -OCH3 is 1. The van der Waals surface area contributed by atoms with Crippen LogP contribution in [0.2, 0.25) is 0 Å². The van der Waals surface area contributed by atoms with Gasteiger partial charge in [0.25, 0.3) is 5.91 Å². The predicted molar refractivity (Wildman–Crippen MR) is 89.9 cm³/mol. The smallest absolute Gasteiger partial charge is 0.315 e. The third kappa shape index (κ3) is 2.44. The topological polar surface area (TPSA) is 45.1 Å². The predicted octanol–water partition coefficient (Wildman–Crippen LogP) is 2.80. The molecule has 0 saturated carbocycles. The molecule has 2 aromatic carbocycles. The molecule has 118 valence electrons. The number of rotatable bonds is 3. The largest absolute Gasteiger partial charge is 0.467 e. The molecular weight excluding hydrogens is 290 g/mol. The fourth-order valence-electron chi connectivity index (χ4n) is 2.69. The molecule has 1 aliphatic heterocycles. The van der Waals surface area contributed by atoms with Crippen molar-refractivity contribution in [3.05, 3.63) is 66.2 Å². The van der Waals surface area contributed by atoms with Crippen molar-refractivity contribution in [2.24, 2.45) is 4.99 Å². The fraction of sp³-hybridized carbons (Fsp3) is 0.222. The molecule has 1 atom stereocenters. The molecule has 0 radical (unpaired) electrons. The second-order valence-electron chi connectivity index (χ2n) is 5.51. The summed E-state index contributed by atoms with van der Waals surface area (Å²) in [6.07, 6.45) is 0. The molecular formula is C18H19N3O2. The van der Waals surface area contributed by atoms with Crippen LogP contribution in [0.15, 0.2) is 65.7 Å². The van der Waals surface area contributed by atoms with Gasteiger partial charge in [0, 0.05) is 7.05 Å². The Morgan fingerprint density at radius 3 is 2.17 bits per heavy atom. The summed E-state index contributed by atoms with van der Waals surface area (Å²) in [7, 11) is 3.34. The number of hydrogen-bond donors (Lipinski definition) is 0. The first kappa shape index (κ1) is 15.1. The molecule has 1 aliphatic rings. The van der Waals surface area contributed by atoms with Crippen molar-refractivity contribution in [2.75, 3.05) is 19.2 Å². The number of hydrogen-bond acceptors (Lipinski definition) is 4. The van der Waals surface area contributed by atoms with Crippen molar-refractivity contribution in [1.29, 1.82) is 0 Å². The molecule has 0 aromatic heterocycles. The van der Waals surface area contributed by atoms with Gasteiger partial charge in [0.05, 0.1) is 12.8 Å². The first-order valence-electron chi connectivity index (χ1n) is 7.40. The van der Waals surface area contributed by atoms with Crippen molar-refractivity contribution >= 4 is 17.6 Å². The number of para-hydroxylation sites is 1. The standard InChI is InChI=1S/C18H19N3O2/c1-18(14-10-6-4-7-11-14)16(22)21(17(19-18)23-3)20(2)15-12-8-5-9-13-15/h4-13H,1-3H3. The van der Waals surface area contributed by atoms with Gasteiger partial charge in [-0.05, 0) is 24.6 Å². The van der Waals surface area contributed by atoms with Crippen molar-refractivity contribution in [3.63, 3.8) is 0 Å². The molecule has 0 bridgehead atoms. The molecule has 23 heavy (non-hydrogen) atoms. The summed E-state index contributed by atoms with van der Waals surface area (Å²) in [6.45, 7) is 1.81. The van der Waals surface area contributed by atoms with Crippen LogP contribution in [-0.2, 0) is 15.1 Å². The van der Waals surface area contributed by atoms with Crippen molar-refractivity contribution < 1.29 is 9.53 Å². The Morgan fingerprint density at radius 2 is 1.61 bits per heavy atom. The normalized spacial score (nSPS) is 20.4. The summed E-state index contributed by atoms with van der Waals surface area (Å²) in [5.74, 6) is -0.146. The monoisotopic (exact) mass is 309 g/mol. The highest BCUT2D eigenvalue weighted by atomic mass is 16.5. The molecule has 5 heteroatoms. The van der Waals surface area contributed by atoms with Gasteiger partial charge in [-0.25, -0.2) is 4.99 Å². The molecule has 0 spiro atoms. The van der Waals surface area contributed by atoms with Crippen molar-refractivity contribution in [1.82, 2.24) is 5.01 Å². The van der Waals surface area contributed by atoms with Crippen LogP contribution in [0.5, 0.6) is 0 Å². The number of amides is 1. The number of nitrogens with zero attached hydrogens (tertiary/aromatic N) is 3. The Morgan fingerprint density at radius 1 is 1.04 bits per heavy atom. The number of benzene rings is 2. The summed E-state index contributed by atoms with van der Waals surface area (Å²) < 4.78 is 5.37. The Balaban J connectivity index is 2.01. The molecule has 0 aliphatic carbocycles.